The number of aliphatic imine (C=N–C) groups is 1. The van der Waals surface area contributed by atoms with E-state index in [1.807, 2.05) is 0 Å². The van der Waals surface area contributed by atoms with Crippen LogP contribution in [0.5, 0.6) is 5.75 Å². The largest absolute Gasteiger partial charge is 0.466 e. The number of nitriles is 1. The van der Waals surface area contributed by atoms with Gasteiger partial charge in [0.05, 0.1) is 22.2 Å². The number of hydrogen-bond acceptors (Lipinski definition) is 4. The van der Waals surface area contributed by atoms with Crippen molar-refractivity contribution in [3.63, 3.8) is 0 Å². The summed E-state index contributed by atoms with van der Waals surface area (Å²) in [5, 5.41) is 9.50. The number of pyridine rings is 1. The molecule has 0 fully saturated rings. The Morgan fingerprint density at radius 1 is 1.32 bits per heavy atom. The minimum absolute atomic E-state index is 0.255. The number of fused-ring (bicyclic) bond motifs is 1. The number of hydrogen-bond donors (Lipinski definition) is 0. The predicted molar refractivity (Wildman–Crippen MR) is 83.5 cm³/mol. The molecule has 2 aromatic rings. The lowest BCUT2D eigenvalue weighted by atomic mass is 10.1. The van der Waals surface area contributed by atoms with Crippen LogP contribution in [-0.4, -0.2) is 16.1 Å². The fraction of sp³-hybridized carbons (Fsp3) is 0.188. The van der Waals surface area contributed by atoms with Crippen molar-refractivity contribution in [3.8, 4) is 11.8 Å². The van der Waals surface area contributed by atoms with Crippen molar-refractivity contribution in [2.45, 2.75) is 19.6 Å². The minimum atomic E-state index is -0.821. The number of benzene rings is 1. The van der Waals surface area contributed by atoms with Crippen LogP contribution >= 0.6 is 11.6 Å². The maximum absolute atomic E-state index is 12.2. The normalized spacial score (nSPS) is 15.3. The second-order valence-electron chi connectivity index (χ2n) is 5.36. The summed E-state index contributed by atoms with van der Waals surface area (Å²) >= 11 is 5.99. The summed E-state index contributed by atoms with van der Waals surface area (Å²) in [4.78, 5) is 16.7. The highest BCUT2D eigenvalue weighted by molar-refractivity contribution is 6.30. The first kappa shape index (κ1) is 14.4. The molecule has 1 aromatic carbocycles. The van der Waals surface area contributed by atoms with Gasteiger partial charge in [-0.1, -0.05) is 11.6 Å². The third-order valence-corrected chi connectivity index (χ3v) is 3.41. The quantitative estimate of drug-likeness (QED) is 0.751. The van der Waals surface area contributed by atoms with E-state index in [9.17, 15) is 4.79 Å². The Labute approximate surface area is 132 Å². The fourth-order valence-electron chi connectivity index (χ4n) is 2.28. The van der Waals surface area contributed by atoms with Gasteiger partial charge in [0.1, 0.15) is 11.6 Å². The van der Waals surface area contributed by atoms with Crippen molar-refractivity contribution >= 4 is 17.4 Å². The number of aromatic nitrogens is 1. The van der Waals surface area contributed by atoms with Crippen LogP contribution in [0.15, 0.2) is 46.3 Å². The van der Waals surface area contributed by atoms with Crippen LogP contribution in [0.3, 0.4) is 0 Å². The van der Waals surface area contributed by atoms with Gasteiger partial charge in [-0.05, 0) is 38.1 Å². The van der Waals surface area contributed by atoms with Crippen LogP contribution < -0.4 is 10.3 Å². The average Bonchev–Trinajstić information content (AvgIpc) is 2.47. The Morgan fingerprint density at radius 2 is 2.09 bits per heavy atom. The molecule has 22 heavy (non-hydrogen) atoms. The minimum Gasteiger partial charge on any atom is -0.466 e. The summed E-state index contributed by atoms with van der Waals surface area (Å²) in [5.41, 5.74) is -0.0279. The lowest BCUT2D eigenvalue weighted by molar-refractivity contribution is 0.114. The molecule has 0 bridgehead atoms. The van der Waals surface area contributed by atoms with Gasteiger partial charge < -0.3 is 4.74 Å². The van der Waals surface area contributed by atoms with E-state index in [0.29, 0.717) is 27.7 Å². The van der Waals surface area contributed by atoms with E-state index in [2.05, 4.69) is 11.1 Å². The second-order valence-corrected chi connectivity index (χ2v) is 5.80. The Balaban J connectivity index is 2.30. The first-order valence-corrected chi connectivity index (χ1v) is 6.99. The van der Waals surface area contributed by atoms with Crippen LogP contribution in [0.4, 0.5) is 0 Å². The van der Waals surface area contributed by atoms with Gasteiger partial charge in [-0.2, -0.15) is 5.26 Å². The lowest BCUT2D eigenvalue weighted by Crippen LogP contribution is -2.37. The molecule has 0 N–H and O–H groups in total. The zero-order chi connectivity index (χ0) is 15.9. The van der Waals surface area contributed by atoms with Crippen molar-refractivity contribution in [1.29, 1.82) is 5.26 Å². The van der Waals surface area contributed by atoms with E-state index < -0.39 is 5.72 Å². The van der Waals surface area contributed by atoms with Crippen molar-refractivity contribution in [2.75, 3.05) is 0 Å². The number of nitrogens with zero attached hydrogens (tertiary/aromatic N) is 3. The van der Waals surface area contributed by atoms with E-state index in [4.69, 9.17) is 21.6 Å². The number of halogens is 1. The molecule has 1 aliphatic heterocycles. The molecule has 3 rings (SSSR count). The maximum Gasteiger partial charge on any atom is 0.256 e. The highest BCUT2D eigenvalue weighted by atomic mass is 35.5. The summed E-state index contributed by atoms with van der Waals surface area (Å²) in [5.74, 6) is 0.983. The molecule has 0 amide bonds. The molecule has 0 saturated carbocycles. The van der Waals surface area contributed by atoms with Crippen molar-refractivity contribution in [2.24, 2.45) is 4.99 Å². The summed E-state index contributed by atoms with van der Waals surface area (Å²) < 4.78 is 7.16. The smallest absolute Gasteiger partial charge is 0.256 e. The third kappa shape index (κ3) is 2.49. The Morgan fingerprint density at radius 3 is 2.82 bits per heavy atom. The Hall–Kier alpha value is -2.58. The lowest BCUT2D eigenvalue weighted by Gasteiger charge is -2.30. The Kier molecular flexibility index (Phi) is 3.27. The topological polar surface area (TPSA) is 67.4 Å². The van der Waals surface area contributed by atoms with Crippen molar-refractivity contribution in [1.82, 2.24) is 4.57 Å². The van der Waals surface area contributed by atoms with Crippen LogP contribution in [0, 0.1) is 11.3 Å². The summed E-state index contributed by atoms with van der Waals surface area (Å²) in [6.07, 6.45) is 1.51. The molecular formula is C16H12ClN3O2. The highest BCUT2D eigenvalue weighted by Gasteiger charge is 2.29. The first-order chi connectivity index (χ1) is 10.4. The SMILES string of the molecule is CC1(C)N=C(n2cc(Cl)ccc2=O)c2cc(C#N)ccc2O1. The van der Waals surface area contributed by atoms with Gasteiger partial charge in [0.15, 0.2) is 5.72 Å². The number of ether oxygens (including phenoxy) is 1. The third-order valence-electron chi connectivity index (χ3n) is 3.19. The molecule has 0 unspecified atom stereocenters. The van der Waals surface area contributed by atoms with E-state index >= 15 is 0 Å². The van der Waals surface area contributed by atoms with Crippen LogP contribution in [-0.2, 0) is 0 Å². The van der Waals surface area contributed by atoms with Gasteiger partial charge in [-0.3, -0.25) is 9.36 Å². The van der Waals surface area contributed by atoms with E-state index in [0.717, 1.165) is 0 Å². The second kappa shape index (κ2) is 5.00. The molecule has 0 spiro atoms. The fourth-order valence-corrected chi connectivity index (χ4v) is 2.44. The number of rotatable bonds is 0. The van der Waals surface area contributed by atoms with Crippen molar-refractivity contribution in [3.05, 3.63) is 63.0 Å². The van der Waals surface area contributed by atoms with Gasteiger partial charge in [-0.25, -0.2) is 4.99 Å². The van der Waals surface area contributed by atoms with E-state index in [1.165, 1.54) is 22.9 Å². The summed E-state index contributed by atoms with van der Waals surface area (Å²) in [6.45, 7) is 3.59. The van der Waals surface area contributed by atoms with E-state index in [-0.39, 0.29) is 5.56 Å². The van der Waals surface area contributed by atoms with Crippen LogP contribution in [0.25, 0.3) is 0 Å². The monoisotopic (exact) mass is 313 g/mol. The van der Waals surface area contributed by atoms with Crippen LogP contribution in [0.2, 0.25) is 5.02 Å². The predicted octanol–water partition coefficient (Wildman–Crippen LogP) is 2.80. The molecule has 110 valence electrons. The summed E-state index contributed by atoms with van der Waals surface area (Å²) in [7, 11) is 0. The maximum atomic E-state index is 12.2. The molecule has 0 saturated heterocycles. The first-order valence-electron chi connectivity index (χ1n) is 6.61. The van der Waals surface area contributed by atoms with Gasteiger partial charge in [0.25, 0.3) is 5.56 Å². The summed E-state index contributed by atoms with van der Waals surface area (Å²) in [6, 6.07) is 10.00. The molecule has 1 aliphatic rings. The zero-order valence-electron chi connectivity index (χ0n) is 12.0. The molecule has 0 aliphatic carbocycles. The van der Waals surface area contributed by atoms with Crippen molar-refractivity contribution < 1.29 is 4.74 Å². The molecule has 2 heterocycles. The highest BCUT2D eigenvalue weighted by Crippen LogP contribution is 2.31. The Bertz CT molecular complexity index is 891. The molecular weight excluding hydrogens is 302 g/mol. The molecule has 0 radical (unpaired) electrons. The molecule has 5 nitrogen and oxygen atoms in total. The van der Waals surface area contributed by atoms with Gasteiger partial charge in [-0.15, -0.1) is 0 Å². The van der Waals surface area contributed by atoms with E-state index in [1.54, 1.807) is 32.0 Å². The average molecular weight is 314 g/mol. The standard InChI is InChI=1S/C16H12ClN3O2/c1-16(2)19-15(20-9-11(17)4-6-14(20)21)12-7-10(8-18)3-5-13(12)22-16/h3-7,9H,1-2H3. The van der Waals surface area contributed by atoms with Gasteiger partial charge >= 0.3 is 0 Å². The van der Waals surface area contributed by atoms with Crippen LogP contribution in [0.1, 0.15) is 25.0 Å². The molecule has 0 atom stereocenters. The zero-order valence-corrected chi connectivity index (χ0v) is 12.8. The molecule has 6 heteroatoms. The van der Waals surface area contributed by atoms with Gasteiger partial charge in [0.2, 0.25) is 0 Å². The van der Waals surface area contributed by atoms with Gasteiger partial charge in [0, 0.05) is 12.3 Å². The molecule has 1 aromatic heterocycles.